The number of carbonyl (C=O) groups excluding carboxylic acids is 1. The molecule has 0 fully saturated rings. The van der Waals surface area contributed by atoms with Crippen LogP contribution in [0.1, 0.15) is 21.6 Å². The quantitative estimate of drug-likeness (QED) is 0.275. The van der Waals surface area contributed by atoms with Crippen molar-refractivity contribution in [1.29, 1.82) is 10.5 Å². The van der Waals surface area contributed by atoms with Gasteiger partial charge in [0.25, 0.3) is 5.69 Å². The van der Waals surface area contributed by atoms with E-state index in [4.69, 9.17) is 5.73 Å². The SMILES string of the molecule is N#Cc1c(N)nc(SCC(=O)c2ccccn2)c(C#N)c1-c1ccc([N+](=O)[O-])cc1. The maximum atomic E-state index is 12.3. The molecule has 1 aromatic carbocycles. The molecule has 0 saturated carbocycles. The van der Waals surface area contributed by atoms with Gasteiger partial charge in [-0.05, 0) is 29.8 Å². The second kappa shape index (κ2) is 8.82. The zero-order valence-corrected chi connectivity index (χ0v) is 16.1. The number of nitrogens with two attached hydrogens (primary N) is 1. The number of rotatable bonds is 6. The normalized spacial score (nSPS) is 10.1. The molecule has 0 bridgehead atoms. The van der Waals surface area contributed by atoms with Crippen LogP contribution >= 0.6 is 11.8 Å². The molecular weight excluding hydrogens is 404 g/mol. The molecule has 2 N–H and O–H groups in total. The number of ketones is 1. The molecule has 0 spiro atoms. The van der Waals surface area contributed by atoms with Gasteiger partial charge in [-0.15, -0.1) is 0 Å². The highest BCUT2D eigenvalue weighted by atomic mass is 32.2. The lowest BCUT2D eigenvalue weighted by Gasteiger charge is -2.12. The van der Waals surface area contributed by atoms with Crippen LogP contribution < -0.4 is 5.73 Å². The van der Waals surface area contributed by atoms with Crippen LogP contribution in [0.5, 0.6) is 0 Å². The smallest absolute Gasteiger partial charge is 0.269 e. The van der Waals surface area contributed by atoms with Crippen molar-refractivity contribution in [3.63, 3.8) is 0 Å². The number of hydrogen-bond acceptors (Lipinski definition) is 9. The third-order valence-corrected chi connectivity index (χ3v) is 5.05. The summed E-state index contributed by atoms with van der Waals surface area (Å²) in [4.78, 5) is 30.8. The van der Waals surface area contributed by atoms with E-state index in [-0.39, 0.29) is 50.5 Å². The largest absolute Gasteiger partial charge is 0.383 e. The average Bonchev–Trinajstić information content (AvgIpc) is 2.77. The van der Waals surface area contributed by atoms with Crippen molar-refractivity contribution >= 4 is 29.1 Å². The van der Waals surface area contributed by atoms with Crippen molar-refractivity contribution in [3.8, 4) is 23.3 Å². The zero-order valence-electron chi connectivity index (χ0n) is 15.3. The molecule has 0 saturated heterocycles. The first-order chi connectivity index (χ1) is 14.5. The summed E-state index contributed by atoms with van der Waals surface area (Å²) in [5, 5.41) is 30.3. The molecule has 0 unspecified atom stereocenters. The second-order valence-corrected chi connectivity index (χ2v) is 6.85. The summed E-state index contributed by atoms with van der Waals surface area (Å²) in [6, 6.07) is 14.3. The number of hydrogen-bond donors (Lipinski definition) is 1. The maximum Gasteiger partial charge on any atom is 0.269 e. The van der Waals surface area contributed by atoms with Gasteiger partial charge in [0.1, 0.15) is 34.2 Å². The van der Waals surface area contributed by atoms with Crippen molar-refractivity contribution in [2.24, 2.45) is 0 Å². The Morgan fingerprint density at radius 3 is 2.40 bits per heavy atom. The van der Waals surface area contributed by atoms with Crippen LogP contribution in [0.15, 0.2) is 53.7 Å². The van der Waals surface area contributed by atoms with Crippen LogP contribution in [-0.4, -0.2) is 26.4 Å². The van der Waals surface area contributed by atoms with E-state index in [1.54, 1.807) is 18.2 Å². The first-order valence-electron chi connectivity index (χ1n) is 8.41. The van der Waals surface area contributed by atoms with Gasteiger partial charge in [-0.3, -0.25) is 19.9 Å². The van der Waals surface area contributed by atoms with Gasteiger partial charge in [-0.25, -0.2) is 4.98 Å². The van der Waals surface area contributed by atoms with Gasteiger partial charge in [0.2, 0.25) is 0 Å². The number of nitriles is 2. The lowest BCUT2D eigenvalue weighted by molar-refractivity contribution is -0.384. The molecule has 30 heavy (non-hydrogen) atoms. The van der Waals surface area contributed by atoms with Crippen LogP contribution in [0.2, 0.25) is 0 Å². The number of non-ortho nitro benzene ring substituents is 1. The Morgan fingerprint density at radius 1 is 1.13 bits per heavy atom. The molecular formula is C20H12N6O3S. The monoisotopic (exact) mass is 416 g/mol. The summed E-state index contributed by atoms with van der Waals surface area (Å²) >= 11 is 1.00. The number of pyridine rings is 2. The van der Waals surface area contributed by atoms with Crippen molar-refractivity contribution in [2.45, 2.75) is 5.03 Å². The minimum atomic E-state index is -0.550. The minimum Gasteiger partial charge on any atom is -0.383 e. The second-order valence-electron chi connectivity index (χ2n) is 5.88. The first-order valence-corrected chi connectivity index (χ1v) is 9.40. The third-order valence-electron chi connectivity index (χ3n) is 4.07. The summed E-state index contributed by atoms with van der Waals surface area (Å²) in [6.07, 6.45) is 1.50. The number of carbonyl (C=O) groups is 1. The van der Waals surface area contributed by atoms with E-state index in [9.17, 15) is 25.4 Å². The first kappa shape index (κ1) is 20.5. The number of aromatic nitrogens is 2. The van der Waals surface area contributed by atoms with Crippen molar-refractivity contribution < 1.29 is 9.72 Å². The highest BCUT2D eigenvalue weighted by molar-refractivity contribution is 8.00. The summed E-state index contributed by atoms with van der Waals surface area (Å²) in [5.41, 5.74) is 6.75. The van der Waals surface area contributed by atoms with Crippen LogP contribution in [0.3, 0.4) is 0 Å². The Kier molecular flexibility index (Phi) is 6.01. The van der Waals surface area contributed by atoms with Crippen molar-refractivity contribution in [2.75, 3.05) is 11.5 Å². The fourth-order valence-corrected chi connectivity index (χ4v) is 3.55. The van der Waals surface area contributed by atoms with E-state index in [0.717, 1.165) is 11.8 Å². The maximum absolute atomic E-state index is 12.3. The van der Waals surface area contributed by atoms with Crippen LogP contribution in [0, 0.1) is 32.8 Å². The van der Waals surface area contributed by atoms with E-state index < -0.39 is 4.92 Å². The summed E-state index contributed by atoms with van der Waals surface area (Å²) < 4.78 is 0. The molecule has 0 aliphatic carbocycles. The molecule has 9 nitrogen and oxygen atoms in total. The number of nitro groups is 1. The number of nitrogens with zero attached hydrogens (tertiary/aromatic N) is 5. The molecule has 0 radical (unpaired) electrons. The standard InChI is InChI=1S/C20H12N6O3S/c21-9-14-18(12-4-6-13(7-5-12)26(28)29)15(10-22)20(25-19(14)23)30-11-17(27)16-3-1-2-8-24-16/h1-8H,11H2,(H2,23,25). The topological polar surface area (TPSA) is 160 Å². The van der Waals surface area contributed by atoms with Crippen LogP contribution in [0.25, 0.3) is 11.1 Å². The molecule has 0 atom stereocenters. The lowest BCUT2D eigenvalue weighted by Crippen LogP contribution is -2.07. The molecule has 2 heterocycles. The molecule has 10 heteroatoms. The Bertz CT molecular complexity index is 1210. The van der Waals surface area contributed by atoms with Gasteiger partial charge in [0.05, 0.1) is 16.2 Å². The molecule has 3 aromatic rings. The van der Waals surface area contributed by atoms with Gasteiger partial charge in [0, 0.05) is 23.9 Å². The predicted octanol–water partition coefficient (Wildman–Crippen LogP) is 3.35. The van der Waals surface area contributed by atoms with Gasteiger partial charge in [-0.2, -0.15) is 10.5 Å². The molecule has 2 aromatic heterocycles. The van der Waals surface area contributed by atoms with Gasteiger partial charge in [-0.1, -0.05) is 17.8 Å². The number of benzene rings is 1. The van der Waals surface area contributed by atoms with E-state index in [2.05, 4.69) is 9.97 Å². The van der Waals surface area contributed by atoms with Crippen molar-refractivity contribution in [1.82, 2.24) is 9.97 Å². The number of nitro benzene ring substituents is 1. The molecule has 0 aliphatic rings. The number of nitrogen functional groups attached to an aromatic ring is 1. The fraction of sp³-hybridized carbons (Fsp3) is 0.0500. The van der Waals surface area contributed by atoms with E-state index in [1.165, 1.54) is 30.5 Å². The highest BCUT2D eigenvalue weighted by Gasteiger charge is 2.22. The molecule has 146 valence electrons. The van der Waals surface area contributed by atoms with E-state index in [1.807, 2.05) is 12.1 Å². The predicted molar refractivity (Wildman–Crippen MR) is 109 cm³/mol. The van der Waals surface area contributed by atoms with Crippen LogP contribution in [0.4, 0.5) is 11.5 Å². The summed E-state index contributed by atoms with van der Waals surface area (Å²) in [7, 11) is 0. The van der Waals surface area contributed by atoms with Gasteiger partial charge < -0.3 is 5.73 Å². The van der Waals surface area contributed by atoms with Crippen LogP contribution in [-0.2, 0) is 0 Å². The Morgan fingerprint density at radius 2 is 1.83 bits per heavy atom. The summed E-state index contributed by atoms with van der Waals surface area (Å²) in [6.45, 7) is 0. The Hall–Kier alpha value is -4.28. The molecule has 3 rings (SSSR count). The van der Waals surface area contributed by atoms with Crippen molar-refractivity contribution in [3.05, 3.63) is 75.6 Å². The Balaban J connectivity index is 2.03. The zero-order chi connectivity index (χ0) is 21.7. The third kappa shape index (κ3) is 4.09. The number of anilines is 1. The Labute approximate surface area is 175 Å². The number of thioether (sulfide) groups is 1. The minimum absolute atomic E-state index is 0.0131. The van der Waals surface area contributed by atoms with E-state index >= 15 is 0 Å². The van der Waals surface area contributed by atoms with E-state index in [0.29, 0.717) is 5.56 Å². The lowest BCUT2D eigenvalue weighted by atomic mass is 9.97. The highest BCUT2D eigenvalue weighted by Crippen LogP contribution is 2.36. The molecule has 0 amide bonds. The van der Waals surface area contributed by atoms with Gasteiger partial charge >= 0.3 is 0 Å². The number of Topliss-reactive ketones (excluding diaryl/α,β-unsaturated/α-hetero) is 1. The average molecular weight is 416 g/mol. The summed E-state index contributed by atoms with van der Waals surface area (Å²) in [5.74, 6) is -0.396. The fourth-order valence-electron chi connectivity index (χ4n) is 2.68. The molecule has 0 aliphatic heterocycles. The van der Waals surface area contributed by atoms with Gasteiger partial charge in [0.15, 0.2) is 5.78 Å².